The average molecular weight is 538 g/mol. The largest absolute Gasteiger partial charge is 0.472 e. The minimum atomic E-state index is -0.116. The Bertz CT molecular complexity index is 1280. The molecule has 10 nitrogen and oxygen atoms in total. The first-order chi connectivity index (χ1) is 18.1. The maximum atomic E-state index is 11.9. The van der Waals surface area contributed by atoms with Gasteiger partial charge in [-0.1, -0.05) is 77.1 Å². The molecule has 0 aliphatic carbocycles. The second-order valence-electron chi connectivity index (χ2n) is 8.08. The lowest BCUT2D eigenvalue weighted by Crippen LogP contribution is -2.17. The SMILES string of the molecule is COc1nnc(NC(=O)Cc2ccccc2)s1.O=C(Cc1ccccc1)Nc1nnc(N2CCCC2)s1. The molecule has 192 valence electrons. The fourth-order valence-electron chi connectivity index (χ4n) is 3.53. The van der Waals surface area contributed by atoms with E-state index >= 15 is 0 Å². The molecule has 0 unspecified atom stereocenters. The van der Waals surface area contributed by atoms with Crippen molar-refractivity contribution >= 4 is 49.9 Å². The van der Waals surface area contributed by atoms with Crippen molar-refractivity contribution in [2.45, 2.75) is 25.7 Å². The number of carbonyl (C=O) groups excluding carboxylic acids is 2. The van der Waals surface area contributed by atoms with Crippen LogP contribution in [0.2, 0.25) is 0 Å². The predicted molar refractivity (Wildman–Crippen MR) is 145 cm³/mol. The fourth-order valence-corrected chi connectivity index (χ4v) is 4.92. The molecule has 1 aliphatic heterocycles. The van der Waals surface area contributed by atoms with E-state index in [1.54, 1.807) is 0 Å². The molecule has 37 heavy (non-hydrogen) atoms. The molecule has 2 N–H and O–H groups in total. The van der Waals surface area contributed by atoms with E-state index in [4.69, 9.17) is 4.74 Å². The Morgan fingerprint density at radius 2 is 1.30 bits per heavy atom. The number of ether oxygens (including phenoxy) is 1. The second kappa shape index (κ2) is 13.4. The highest BCUT2D eigenvalue weighted by Crippen LogP contribution is 2.27. The molecule has 0 spiro atoms. The highest BCUT2D eigenvalue weighted by molar-refractivity contribution is 7.19. The third kappa shape index (κ3) is 8.33. The number of hydrogen-bond acceptors (Lipinski definition) is 10. The van der Waals surface area contributed by atoms with Crippen molar-refractivity contribution in [2.24, 2.45) is 0 Å². The van der Waals surface area contributed by atoms with Gasteiger partial charge in [-0.05, 0) is 35.3 Å². The van der Waals surface area contributed by atoms with E-state index in [2.05, 4.69) is 35.9 Å². The summed E-state index contributed by atoms with van der Waals surface area (Å²) in [5.74, 6) is -0.171. The molecule has 2 aromatic heterocycles. The first-order valence-corrected chi connectivity index (χ1v) is 13.4. The van der Waals surface area contributed by atoms with Gasteiger partial charge in [0.15, 0.2) is 0 Å². The van der Waals surface area contributed by atoms with E-state index in [9.17, 15) is 9.59 Å². The van der Waals surface area contributed by atoms with E-state index in [0.29, 0.717) is 28.3 Å². The van der Waals surface area contributed by atoms with Gasteiger partial charge in [-0.2, -0.15) is 0 Å². The molecule has 1 aliphatic rings. The van der Waals surface area contributed by atoms with Crippen LogP contribution < -0.4 is 20.3 Å². The topological polar surface area (TPSA) is 122 Å². The number of anilines is 3. The molecule has 12 heteroatoms. The van der Waals surface area contributed by atoms with Crippen LogP contribution in [0.3, 0.4) is 0 Å². The highest BCUT2D eigenvalue weighted by atomic mass is 32.1. The number of aromatic nitrogens is 4. The monoisotopic (exact) mass is 537 g/mol. The molecule has 0 atom stereocenters. The molecular formula is C25H27N7O3S2. The molecule has 5 rings (SSSR count). The predicted octanol–water partition coefficient (Wildman–Crippen LogP) is 4.05. The van der Waals surface area contributed by atoms with Gasteiger partial charge in [0.25, 0.3) is 5.19 Å². The fraction of sp³-hybridized carbons (Fsp3) is 0.280. The number of amides is 2. The van der Waals surface area contributed by atoms with E-state index in [1.165, 1.54) is 42.6 Å². The Kier molecular flexibility index (Phi) is 9.49. The van der Waals surface area contributed by atoms with E-state index in [1.807, 2.05) is 60.7 Å². The lowest BCUT2D eigenvalue weighted by Gasteiger charge is -2.10. The second-order valence-corrected chi connectivity index (χ2v) is 9.98. The van der Waals surface area contributed by atoms with Crippen molar-refractivity contribution in [2.75, 3.05) is 35.7 Å². The van der Waals surface area contributed by atoms with Crippen molar-refractivity contribution in [3.63, 3.8) is 0 Å². The minimum absolute atomic E-state index is 0.0553. The number of benzene rings is 2. The highest BCUT2D eigenvalue weighted by Gasteiger charge is 2.17. The maximum absolute atomic E-state index is 11.9. The summed E-state index contributed by atoms with van der Waals surface area (Å²) in [6.45, 7) is 2.07. The first-order valence-electron chi connectivity index (χ1n) is 11.7. The number of rotatable bonds is 8. The van der Waals surface area contributed by atoms with Gasteiger partial charge in [0, 0.05) is 13.1 Å². The van der Waals surface area contributed by atoms with Gasteiger partial charge in [-0.15, -0.1) is 15.3 Å². The van der Waals surface area contributed by atoms with Gasteiger partial charge >= 0.3 is 0 Å². The zero-order chi connectivity index (χ0) is 25.9. The van der Waals surface area contributed by atoms with Crippen LogP contribution in [0, 0.1) is 0 Å². The van der Waals surface area contributed by atoms with Gasteiger partial charge in [-0.3, -0.25) is 9.59 Å². The lowest BCUT2D eigenvalue weighted by molar-refractivity contribution is -0.116. The Morgan fingerprint density at radius 1 is 0.784 bits per heavy atom. The summed E-state index contributed by atoms with van der Waals surface area (Å²) in [6.07, 6.45) is 3.09. The Labute approximate surface area is 222 Å². The number of hydrogen-bond donors (Lipinski definition) is 2. The molecule has 3 heterocycles. The molecule has 0 saturated carbocycles. The van der Waals surface area contributed by atoms with Crippen LogP contribution in [-0.4, -0.2) is 52.4 Å². The third-order valence-corrected chi connectivity index (χ3v) is 6.98. The third-order valence-electron chi connectivity index (χ3n) is 5.28. The summed E-state index contributed by atoms with van der Waals surface area (Å²) in [5, 5.41) is 23.5. The van der Waals surface area contributed by atoms with Crippen molar-refractivity contribution in [1.82, 2.24) is 20.4 Å². The summed E-state index contributed by atoms with van der Waals surface area (Å²) in [5.41, 5.74) is 1.95. The normalized spacial score (nSPS) is 12.4. The molecule has 0 bridgehead atoms. The van der Waals surface area contributed by atoms with Gasteiger partial charge in [-0.25, -0.2) is 0 Å². The van der Waals surface area contributed by atoms with Gasteiger partial charge in [0.05, 0.1) is 20.0 Å². The van der Waals surface area contributed by atoms with E-state index < -0.39 is 0 Å². The van der Waals surface area contributed by atoms with Crippen LogP contribution >= 0.6 is 22.7 Å². The molecular weight excluding hydrogens is 510 g/mol. The van der Waals surface area contributed by atoms with E-state index in [-0.39, 0.29) is 11.8 Å². The van der Waals surface area contributed by atoms with Gasteiger partial charge < -0.3 is 20.3 Å². The van der Waals surface area contributed by atoms with Crippen molar-refractivity contribution < 1.29 is 14.3 Å². The first kappa shape index (κ1) is 26.2. The van der Waals surface area contributed by atoms with Crippen molar-refractivity contribution in [3.05, 3.63) is 71.8 Å². The smallest absolute Gasteiger partial charge is 0.295 e. The van der Waals surface area contributed by atoms with Crippen LogP contribution in [0.15, 0.2) is 60.7 Å². The zero-order valence-electron chi connectivity index (χ0n) is 20.3. The summed E-state index contributed by atoms with van der Waals surface area (Å²) < 4.78 is 4.89. The molecule has 2 amide bonds. The minimum Gasteiger partial charge on any atom is -0.472 e. The number of carbonyl (C=O) groups is 2. The van der Waals surface area contributed by atoms with Crippen molar-refractivity contribution in [3.8, 4) is 5.19 Å². The van der Waals surface area contributed by atoms with Crippen LogP contribution in [-0.2, 0) is 22.4 Å². The Hall–Kier alpha value is -3.90. The molecule has 2 aromatic carbocycles. The Balaban J connectivity index is 0.000000176. The zero-order valence-corrected chi connectivity index (χ0v) is 21.9. The lowest BCUT2D eigenvalue weighted by atomic mass is 10.1. The van der Waals surface area contributed by atoms with Gasteiger partial charge in [0.2, 0.25) is 27.2 Å². The number of methoxy groups -OCH3 is 1. The van der Waals surface area contributed by atoms with Crippen LogP contribution in [0.25, 0.3) is 0 Å². The summed E-state index contributed by atoms with van der Waals surface area (Å²) in [4.78, 5) is 25.8. The van der Waals surface area contributed by atoms with Crippen molar-refractivity contribution in [1.29, 1.82) is 0 Å². The molecule has 4 aromatic rings. The van der Waals surface area contributed by atoms with Crippen LogP contribution in [0.4, 0.5) is 15.4 Å². The maximum Gasteiger partial charge on any atom is 0.295 e. The van der Waals surface area contributed by atoms with Crippen LogP contribution in [0.5, 0.6) is 5.19 Å². The Morgan fingerprint density at radius 3 is 1.81 bits per heavy atom. The molecule has 1 fully saturated rings. The molecule has 0 radical (unpaired) electrons. The van der Waals surface area contributed by atoms with E-state index in [0.717, 1.165) is 29.3 Å². The number of nitrogens with zero attached hydrogens (tertiary/aromatic N) is 5. The van der Waals surface area contributed by atoms with Gasteiger partial charge in [0.1, 0.15) is 0 Å². The summed E-state index contributed by atoms with van der Waals surface area (Å²) in [7, 11) is 1.51. The summed E-state index contributed by atoms with van der Waals surface area (Å²) in [6, 6.07) is 19.2. The number of nitrogens with one attached hydrogen (secondary N) is 2. The van der Waals surface area contributed by atoms with Crippen LogP contribution in [0.1, 0.15) is 24.0 Å². The molecule has 1 saturated heterocycles. The standard InChI is InChI=1S/C14H16N4OS.C11H11N3O2S/c19-12(10-11-6-2-1-3-7-11)15-13-16-17-14(20-13)18-8-4-5-9-18;1-16-11-14-13-10(17-11)12-9(15)7-8-5-3-2-4-6-8/h1-3,6-7H,4-5,8-10H2,(H,15,16,19);2-6H,7H2,1H3,(H,12,13,15). The average Bonchev–Trinajstić information content (AvgIpc) is 3.68. The summed E-state index contributed by atoms with van der Waals surface area (Å²) >= 11 is 2.64. The quantitative estimate of drug-likeness (QED) is 0.345.